The molecule has 0 aliphatic carbocycles. The zero-order valence-electron chi connectivity index (χ0n) is 59.8. The lowest BCUT2D eigenvalue weighted by atomic mass is 9.92. The van der Waals surface area contributed by atoms with Crippen molar-refractivity contribution in [3.05, 3.63) is 174 Å². The Morgan fingerprint density at radius 2 is 0.448 bits per heavy atom. The standard InChI is InChI=1S/3C10H16S.3C9H15NS.2C6H8S.C5H7NS/c3*1-8-5-6-9(11-8)7-10(2,3)4;2*1-7-10-6-8(11-7)5-9(2,3)4;1-7-6-10-8(11-7)5-9(2,3)4;2*1-5-3-4-6(2)7-5;1-4-3-6-5(2)7-4/h3*5-6H,7H2,1-4H3;3*6H,5H2,1-4H3;2*3-4H,1-2H3;3H,1-2H3. The van der Waals surface area contributed by atoms with Crippen molar-refractivity contribution in [2.45, 2.75) is 246 Å². The van der Waals surface area contributed by atoms with Crippen LogP contribution >= 0.6 is 102 Å². The summed E-state index contributed by atoms with van der Waals surface area (Å²) in [5, 5.41) is 4.75. The maximum atomic E-state index is 4.32. The van der Waals surface area contributed by atoms with Crippen molar-refractivity contribution in [2.75, 3.05) is 0 Å². The number of thiophene rings is 5. The van der Waals surface area contributed by atoms with Gasteiger partial charge < -0.3 is 0 Å². The lowest BCUT2D eigenvalue weighted by Crippen LogP contribution is -2.08. The van der Waals surface area contributed by atoms with Crippen molar-refractivity contribution in [1.29, 1.82) is 0 Å². The fourth-order valence-corrected chi connectivity index (χ4v) is 16.9. The van der Waals surface area contributed by atoms with Crippen molar-refractivity contribution in [2.24, 2.45) is 32.5 Å². The molecule has 87 heavy (non-hydrogen) atoms. The molecule has 9 heterocycles. The van der Waals surface area contributed by atoms with Crippen LogP contribution in [0.3, 0.4) is 0 Å². The number of hydrogen-bond acceptors (Lipinski definition) is 13. The van der Waals surface area contributed by atoms with E-state index in [0.717, 1.165) is 24.3 Å². The largest absolute Gasteiger partial charge is 0.250 e. The Morgan fingerprint density at radius 1 is 0.218 bits per heavy atom. The zero-order chi connectivity index (χ0) is 66.7. The first kappa shape index (κ1) is 82.0. The first-order valence-corrected chi connectivity index (χ1v) is 37.9. The first-order valence-electron chi connectivity index (χ1n) is 30.6. The summed E-state index contributed by atoms with van der Waals surface area (Å²) in [5.41, 5.74) is 2.42. The second-order valence-electron chi connectivity index (χ2n) is 29.8. The second-order valence-corrected chi connectivity index (χ2v) is 42.3. The Hall–Kier alpha value is -2.98. The molecule has 0 amide bonds. The van der Waals surface area contributed by atoms with E-state index in [4.69, 9.17) is 0 Å². The molecule has 0 fully saturated rings. The van der Waals surface area contributed by atoms with Crippen molar-refractivity contribution in [3.63, 3.8) is 0 Å². The molecular weight excluding hydrogens is 1230 g/mol. The minimum absolute atomic E-state index is 0.365. The van der Waals surface area contributed by atoms with Crippen LogP contribution in [0.5, 0.6) is 0 Å². The van der Waals surface area contributed by atoms with E-state index in [0.29, 0.717) is 32.5 Å². The summed E-state index contributed by atoms with van der Waals surface area (Å²) in [5.74, 6) is 0. The molecule has 0 N–H and O–H groups in total. The molecule has 0 radical (unpaired) electrons. The van der Waals surface area contributed by atoms with Crippen LogP contribution in [0.1, 0.15) is 213 Å². The van der Waals surface area contributed by atoms with Gasteiger partial charge in [-0.1, -0.05) is 125 Å². The third-order valence-electron chi connectivity index (χ3n) is 11.1. The number of hydrogen-bond donors (Lipinski definition) is 0. The Balaban J connectivity index is 0.000000492. The second kappa shape index (κ2) is 38.8. The highest BCUT2D eigenvalue weighted by Gasteiger charge is 2.16. The molecule has 0 spiro atoms. The van der Waals surface area contributed by atoms with E-state index in [1.165, 1.54) is 103 Å². The predicted octanol–water partition coefficient (Wildman–Crippen LogP) is 26.5. The van der Waals surface area contributed by atoms with Gasteiger partial charge in [-0.15, -0.1) is 102 Å². The molecule has 0 atom stereocenters. The summed E-state index contributed by atoms with van der Waals surface area (Å²) < 4.78 is 0. The fraction of sp³-hybridized carbons (Fsp3) is 0.568. The lowest BCUT2D eigenvalue weighted by molar-refractivity contribution is 0.410. The Bertz CT molecular complexity index is 2650. The van der Waals surface area contributed by atoms with Gasteiger partial charge in [0.2, 0.25) is 0 Å². The Kier molecular flexibility index (Phi) is 36.6. The summed E-state index contributed by atoms with van der Waals surface area (Å²) in [4.78, 5) is 36.6. The molecule has 0 unspecified atom stereocenters. The van der Waals surface area contributed by atoms with Crippen molar-refractivity contribution in [3.8, 4) is 0 Å². The summed E-state index contributed by atoms with van der Waals surface area (Å²) in [7, 11) is 0. The SMILES string of the molecule is Cc1ccc(C)s1.Cc1ccc(C)s1.Cc1ccc(CC(C)(C)C)s1.Cc1ccc(CC(C)(C)C)s1.Cc1ccc(CC(C)(C)C)s1.Cc1cnc(C)s1.Cc1cnc(CC(C)(C)C)s1.Cc1ncc(CC(C)(C)C)s1.Cc1ncc(CC(C)(C)C)s1. The Labute approximate surface area is 569 Å². The van der Waals surface area contributed by atoms with Crippen LogP contribution in [0.4, 0.5) is 0 Å². The van der Waals surface area contributed by atoms with Crippen LogP contribution in [0.2, 0.25) is 0 Å². The predicted molar refractivity (Wildman–Crippen MR) is 406 cm³/mol. The van der Waals surface area contributed by atoms with Crippen molar-refractivity contribution < 1.29 is 0 Å². The average molecular weight is 1350 g/mol. The van der Waals surface area contributed by atoms with Gasteiger partial charge in [-0.05, 0) is 208 Å². The average Bonchev–Trinajstić information content (AvgIpc) is 4.21. The normalized spacial score (nSPS) is 11.4. The molecule has 0 bridgehead atoms. The summed E-state index contributed by atoms with van der Waals surface area (Å²) in [6, 6.07) is 21.9. The first-order chi connectivity index (χ1) is 39.7. The molecule has 486 valence electrons. The van der Waals surface area contributed by atoms with Crippen LogP contribution in [0.25, 0.3) is 0 Å². The van der Waals surface area contributed by atoms with Gasteiger partial charge in [0.05, 0.1) is 20.0 Å². The topological polar surface area (TPSA) is 51.6 Å². The monoisotopic (exact) mass is 1350 g/mol. The molecule has 4 nitrogen and oxygen atoms in total. The third-order valence-corrected chi connectivity index (χ3v) is 19.5. The lowest BCUT2D eigenvalue weighted by Gasteiger charge is -2.16. The van der Waals surface area contributed by atoms with Gasteiger partial charge in [-0.3, -0.25) is 0 Å². The molecule has 9 aromatic rings. The van der Waals surface area contributed by atoms with E-state index in [9.17, 15) is 0 Å². The van der Waals surface area contributed by atoms with Crippen LogP contribution in [-0.4, -0.2) is 19.9 Å². The van der Waals surface area contributed by atoms with E-state index in [-0.39, 0.29) is 0 Å². The highest BCUT2D eigenvalue weighted by atomic mass is 32.1. The summed E-state index contributed by atoms with van der Waals surface area (Å²) in [6.45, 7) is 66.0. The van der Waals surface area contributed by atoms with Crippen molar-refractivity contribution in [1.82, 2.24) is 19.9 Å². The highest BCUT2D eigenvalue weighted by molar-refractivity contribution is 7.13. The van der Waals surface area contributed by atoms with Crippen LogP contribution < -0.4 is 0 Å². The van der Waals surface area contributed by atoms with Crippen molar-refractivity contribution >= 4 is 102 Å². The smallest absolute Gasteiger partial charge is 0.0932 e. The summed E-state index contributed by atoms with van der Waals surface area (Å²) in [6.07, 6.45) is 14.8. The maximum absolute atomic E-state index is 4.32. The number of aromatic nitrogens is 4. The van der Waals surface area contributed by atoms with E-state index < -0.39 is 0 Å². The number of aryl methyl sites for hydroxylation is 12. The zero-order valence-corrected chi connectivity index (χ0v) is 67.1. The van der Waals surface area contributed by atoms with Gasteiger partial charge in [-0.25, -0.2) is 19.9 Å². The molecule has 0 aromatic carbocycles. The number of nitrogens with zero attached hydrogens (tertiary/aromatic N) is 4. The highest BCUT2D eigenvalue weighted by Crippen LogP contribution is 2.30. The van der Waals surface area contributed by atoms with Crippen LogP contribution in [0.15, 0.2) is 85.5 Å². The Morgan fingerprint density at radius 3 is 0.609 bits per heavy atom. The quantitative estimate of drug-likeness (QED) is 0.166. The fourth-order valence-electron chi connectivity index (χ4n) is 7.85. The molecular formula is C74H116N4S9. The van der Waals surface area contributed by atoms with Crippen LogP contribution in [-0.2, 0) is 38.5 Å². The van der Waals surface area contributed by atoms with Gasteiger partial charge in [-0.2, -0.15) is 0 Å². The van der Waals surface area contributed by atoms with Gasteiger partial charge in [0.1, 0.15) is 0 Å². The third kappa shape index (κ3) is 46.7. The summed E-state index contributed by atoms with van der Waals surface area (Å²) >= 11 is 16.6. The van der Waals surface area contributed by atoms with Gasteiger partial charge in [0, 0.05) is 99.5 Å². The molecule has 0 saturated heterocycles. The van der Waals surface area contributed by atoms with Gasteiger partial charge in [0.25, 0.3) is 0 Å². The minimum atomic E-state index is 0.365. The molecule has 13 heteroatoms. The number of rotatable bonds is 6. The minimum Gasteiger partial charge on any atom is -0.250 e. The number of thiazole rings is 4. The molecule has 9 aromatic heterocycles. The van der Waals surface area contributed by atoms with Gasteiger partial charge in [0.15, 0.2) is 0 Å². The molecule has 0 aliphatic rings. The maximum Gasteiger partial charge on any atom is 0.0932 e. The van der Waals surface area contributed by atoms with Gasteiger partial charge >= 0.3 is 0 Å². The molecule has 0 aliphatic heterocycles. The van der Waals surface area contributed by atoms with E-state index in [2.05, 4.69) is 281 Å². The molecule has 0 saturated carbocycles. The van der Waals surface area contributed by atoms with E-state index in [1.54, 1.807) is 45.3 Å². The van der Waals surface area contributed by atoms with Crippen LogP contribution in [0, 0.1) is 116 Å². The molecule has 9 rings (SSSR count). The van der Waals surface area contributed by atoms with E-state index >= 15 is 0 Å². The van der Waals surface area contributed by atoms with E-state index in [1.807, 2.05) is 88.4 Å².